The summed E-state index contributed by atoms with van der Waals surface area (Å²) < 4.78 is 17.9. The van der Waals surface area contributed by atoms with Crippen LogP contribution in [0.15, 0.2) is 145 Å². The third-order valence-electron chi connectivity index (χ3n) is 10.8. The van der Waals surface area contributed by atoms with Gasteiger partial charge >= 0.3 is 18.0 Å². The van der Waals surface area contributed by atoms with Crippen LogP contribution in [0.5, 0.6) is 0 Å². The number of nitrogens with zero attached hydrogens (tertiary/aromatic N) is 2. The van der Waals surface area contributed by atoms with E-state index in [1.54, 1.807) is 23.2 Å². The Morgan fingerprint density at radius 2 is 1.45 bits per heavy atom. The monoisotopic (exact) mass is 777 g/mol. The van der Waals surface area contributed by atoms with E-state index in [1.807, 2.05) is 148 Å². The van der Waals surface area contributed by atoms with Crippen molar-refractivity contribution in [3.63, 3.8) is 0 Å². The Morgan fingerprint density at radius 1 is 0.845 bits per heavy atom. The Hall–Kier alpha value is -6.55. The van der Waals surface area contributed by atoms with Crippen LogP contribution in [0, 0.1) is 5.41 Å². The van der Waals surface area contributed by atoms with Gasteiger partial charge in [-0.1, -0.05) is 128 Å². The van der Waals surface area contributed by atoms with Crippen molar-refractivity contribution in [2.24, 2.45) is 5.41 Å². The molecule has 1 N–H and O–H groups in total. The number of ether oxygens (including phenoxy) is 3. The highest BCUT2D eigenvalue weighted by Gasteiger charge is 2.63. The second kappa shape index (κ2) is 17.3. The Morgan fingerprint density at radius 3 is 2.07 bits per heavy atom. The number of carbonyl (C=O) groups is 4. The molecule has 7 rings (SSSR count). The molecule has 10 heteroatoms. The number of esters is 2. The first kappa shape index (κ1) is 39.7. The second-order valence-electron chi connectivity index (χ2n) is 15.5. The molecule has 4 aromatic carbocycles. The predicted octanol–water partition coefficient (Wildman–Crippen LogP) is 8.44. The quantitative estimate of drug-likeness (QED) is 0.0392. The molecule has 5 aromatic rings. The van der Waals surface area contributed by atoms with Crippen molar-refractivity contribution in [2.45, 2.75) is 63.8 Å². The van der Waals surface area contributed by atoms with Gasteiger partial charge in [-0.3, -0.25) is 14.6 Å². The van der Waals surface area contributed by atoms with Crippen LogP contribution < -0.4 is 5.32 Å². The first-order chi connectivity index (χ1) is 28.0. The molecule has 0 bridgehead atoms. The topological polar surface area (TPSA) is 124 Å². The number of aromatic nitrogens is 1. The third-order valence-corrected chi connectivity index (χ3v) is 10.8. The molecule has 2 saturated heterocycles. The van der Waals surface area contributed by atoms with Crippen molar-refractivity contribution in [3.05, 3.63) is 168 Å². The van der Waals surface area contributed by atoms with E-state index in [2.05, 4.69) is 10.3 Å². The largest absolute Gasteiger partial charge is 0.455 e. The van der Waals surface area contributed by atoms with Crippen LogP contribution in [0.2, 0.25) is 0 Å². The van der Waals surface area contributed by atoms with Crippen molar-refractivity contribution < 1.29 is 33.4 Å². The number of pyridine rings is 1. The Bertz CT molecular complexity index is 2210. The molecule has 296 valence electrons. The van der Waals surface area contributed by atoms with E-state index in [9.17, 15) is 19.2 Å². The molecule has 2 aliphatic rings. The smallest absolute Gasteiger partial charge is 0.407 e. The highest BCUT2D eigenvalue weighted by molar-refractivity contribution is 6.08. The lowest BCUT2D eigenvalue weighted by atomic mass is 9.81. The molecule has 0 aliphatic carbocycles. The van der Waals surface area contributed by atoms with Gasteiger partial charge in [0.2, 0.25) is 0 Å². The molecule has 58 heavy (non-hydrogen) atoms. The summed E-state index contributed by atoms with van der Waals surface area (Å²) in [4.78, 5) is 59.9. The fourth-order valence-electron chi connectivity index (χ4n) is 7.78. The fourth-order valence-corrected chi connectivity index (χ4v) is 7.78. The summed E-state index contributed by atoms with van der Waals surface area (Å²) in [5.74, 6) is -1.27. The van der Waals surface area contributed by atoms with Crippen molar-refractivity contribution in [2.75, 3.05) is 13.2 Å². The number of hydrogen-bond donors (Lipinski definition) is 1. The average Bonchev–Trinajstić information content (AvgIpc) is 3.53. The molecule has 0 spiro atoms. The number of carbonyl (C=O) groups excluding carboxylic acids is 4. The first-order valence-corrected chi connectivity index (χ1v) is 19.6. The van der Waals surface area contributed by atoms with Gasteiger partial charge in [0.1, 0.15) is 18.2 Å². The summed E-state index contributed by atoms with van der Waals surface area (Å²) in [5.41, 5.74) is 3.94. The fraction of sp³-hybridized carbons (Fsp3) is 0.271. The summed E-state index contributed by atoms with van der Waals surface area (Å²) in [7, 11) is 0. The molecule has 1 unspecified atom stereocenters. The molecule has 0 saturated carbocycles. The highest BCUT2D eigenvalue weighted by Crippen LogP contribution is 2.51. The number of fused-ring (bicyclic) bond motifs is 1. The van der Waals surface area contributed by atoms with E-state index in [1.165, 1.54) is 0 Å². The van der Waals surface area contributed by atoms with E-state index < -0.39 is 41.3 Å². The maximum atomic E-state index is 14.4. The zero-order valence-corrected chi connectivity index (χ0v) is 32.9. The van der Waals surface area contributed by atoms with E-state index in [4.69, 9.17) is 14.2 Å². The summed E-state index contributed by atoms with van der Waals surface area (Å²) in [6.45, 7) is 5.55. The number of nitrogens with one attached hydrogen (secondary N) is 1. The maximum absolute atomic E-state index is 14.4. The van der Waals surface area contributed by atoms with Gasteiger partial charge < -0.3 is 24.4 Å². The minimum Gasteiger partial charge on any atom is -0.455 e. The van der Waals surface area contributed by atoms with Crippen LogP contribution in [0.3, 0.4) is 0 Å². The summed E-state index contributed by atoms with van der Waals surface area (Å²) in [6.07, 6.45) is 2.76. The van der Waals surface area contributed by atoms with Crippen molar-refractivity contribution in [1.29, 1.82) is 0 Å². The summed E-state index contributed by atoms with van der Waals surface area (Å²) in [5, 5.41) is 2.72. The van der Waals surface area contributed by atoms with Gasteiger partial charge in [0.15, 0.2) is 6.10 Å². The van der Waals surface area contributed by atoms with Crippen LogP contribution >= 0.6 is 0 Å². The second-order valence-corrected chi connectivity index (χ2v) is 15.5. The standard InChI is InChI=1S/C48H47N3O7/c1-47(2,37-26-24-34(25-27-37)33-16-7-4-8-17-33)58-41(52)23-15-29-50-46(55)56-32-48(3)31-40-39(30-38-22-13-14-28-49-38)44(53)51(40)43(48)45(54)57-42(35-18-9-5-10-19-35)36-20-11-6-12-21-36/h4-14,16-22,24-28,30,40,42-43H,15,23,29,31-32H2,1-3H3,(H,50,55)/b39-30+/t40?,43-,48-/m0/s1. The molecule has 10 nitrogen and oxygen atoms in total. The minimum absolute atomic E-state index is 0.0889. The highest BCUT2D eigenvalue weighted by atomic mass is 16.6. The SMILES string of the molecule is CC(C)(OC(=O)CCCNC(=O)OC[C@]1(C)CC2/C(=C\c3ccccn3)C(=O)N2[C@H]1C(=O)OC(c1ccccc1)c1ccccc1)c1ccc(-c2ccccc2)cc1. The van der Waals surface area contributed by atoms with E-state index >= 15 is 0 Å². The molecule has 2 amide bonds. The van der Waals surface area contributed by atoms with Gasteiger partial charge in [-0.2, -0.15) is 0 Å². The number of amides is 2. The molecular weight excluding hydrogens is 731 g/mol. The van der Waals surface area contributed by atoms with E-state index in [0.717, 1.165) is 27.8 Å². The lowest BCUT2D eigenvalue weighted by Crippen LogP contribution is -2.58. The van der Waals surface area contributed by atoms with Crippen LogP contribution in [0.4, 0.5) is 4.79 Å². The number of rotatable bonds is 14. The molecule has 2 aliphatic heterocycles. The van der Waals surface area contributed by atoms with E-state index in [-0.39, 0.29) is 31.4 Å². The van der Waals surface area contributed by atoms with Crippen LogP contribution in [-0.4, -0.2) is 59.1 Å². The Kier molecular flexibility index (Phi) is 11.8. The number of alkyl carbamates (subject to hydrolysis) is 1. The number of β-lactam (4-membered cyclic amide) rings is 1. The number of hydrogen-bond acceptors (Lipinski definition) is 8. The van der Waals surface area contributed by atoms with Crippen molar-refractivity contribution in [3.8, 4) is 11.1 Å². The summed E-state index contributed by atoms with van der Waals surface area (Å²) >= 11 is 0. The molecule has 3 atom stereocenters. The van der Waals surface area contributed by atoms with E-state index in [0.29, 0.717) is 24.1 Å². The number of benzene rings is 4. The average molecular weight is 778 g/mol. The van der Waals surface area contributed by atoms with Gasteiger partial charge in [0.25, 0.3) is 5.91 Å². The Balaban J connectivity index is 0.973. The molecular formula is C48H47N3O7. The molecule has 2 fully saturated rings. The maximum Gasteiger partial charge on any atom is 0.407 e. The van der Waals surface area contributed by atoms with Crippen molar-refractivity contribution in [1.82, 2.24) is 15.2 Å². The van der Waals surface area contributed by atoms with Gasteiger partial charge in [0, 0.05) is 30.2 Å². The van der Waals surface area contributed by atoms with Crippen LogP contribution in [0.1, 0.15) is 68.5 Å². The van der Waals surface area contributed by atoms with Gasteiger partial charge in [-0.15, -0.1) is 0 Å². The van der Waals surface area contributed by atoms with Gasteiger partial charge in [0.05, 0.1) is 11.7 Å². The third kappa shape index (κ3) is 8.86. The molecule has 3 heterocycles. The molecule has 0 radical (unpaired) electrons. The predicted molar refractivity (Wildman–Crippen MR) is 220 cm³/mol. The van der Waals surface area contributed by atoms with Crippen LogP contribution in [0.25, 0.3) is 17.2 Å². The molecule has 1 aromatic heterocycles. The first-order valence-electron chi connectivity index (χ1n) is 19.6. The van der Waals surface area contributed by atoms with Crippen LogP contribution in [-0.2, 0) is 34.2 Å². The zero-order valence-electron chi connectivity index (χ0n) is 32.9. The van der Waals surface area contributed by atoms with Gasteiger partial charge in [-0.05, 0) is 72.7 Å². The van der Waals surface area contributed by atoms with Gasteiger partial charge in [-0.25, -0.2) is 9.59 Å². The summed E-state index contributed by atoms with van der Waals surface area (Å²) in [6, 6.07) is 40.9. The zero-order chi connectivity index (χ0) is 40.7. The van der Waals surface area contributed by atoms with Crippen molar-refractivity contribution >= 4 is 30.0 Å². The normalized spacial score (nSPS) is 19.3. The lowest BCUT2D eigenvalue weighted by Gasteiger charge is -2.41. The minimum atomic E-state index is -1.03. The lowest BCUT2D eigenvalue weighted by molar-refractivity contribution is -0.163. The Labute approximate surface area is 338 Å².